The second-order valence-corrected chi connectivity index (χ2v) is 8.25. The van der Waals surface area contributed by atoms with E-state index >= 15 is 0 Å². The minimum Gasteiger partial charge on any atom is -0.395 e. The molecule has 1 fully saturated rings. The molecule has 7 nitrogen and oxygen atoms in total. The number of hydrogen-bond donors (Lipinski definition) is 1. The lowest BCUT2D eigenvalue weighted by Gasteiger charge is -2.26. The minimum absolute atomic E-state index is 0.0177. The van der Waals surface area contributed by atoms with Gasteiger partial charge in [-0.3, -0.25) is 14.2 Å². The second-order valence-electron chi connectivity index (χ2n) is 6.94. The molecule has 8 heteroatoms. The zero-order chi connectivity index (χ0) is 19.7. The molecule has 0 spiro atoms. The maximum atomic E-state index is 13.0. The average Bonchev–Trinajstić information content (AvgIpc) is 3.33. The number of aliphatic hydroxyl groups excluding tert-OH is 1. The number of rotatable bonds is 5. The summed E-state index contributed by atoms with van der Waals surface area (Å²) in [7, 11) is 0. The van der Waals surface area contributed by atoms with Crippen LogP contribution >= 0.6 is 11.3 Å². The normalized spacial score (nSPS) is 16.8. The molecule has 1 aliphatic heterocycles. The van der Waals surface area contributed by atoms with E-state index in [1.54, 1.807) is 18.3 Å². The fourth-order valence-corrected chi connectivity index (χ4v) is 4.61. The Balaban J connectivity index is 1.72. The van der Waals surface area contributed by atoms with Crippen molar-refractivity contribution in [2.75, 3.05) is 13.2 Å². The fraction of sp³-hybridized carbons (Fsp3) is 0.400. The summed E-state index contributed by atoms with van der Waals surface area (Å²) >= 11 is 1.52. The smallest absolute Gasteiger partial charge is 0.261 e. The van der Waals surface area contributed by atoms with Crippen LogP contribution in [0.5, 0.6) is 0 Å². The van der Waals surface area contributed by atoms with Crippen molar-refractivity contribution in [2.24, 2.45) is 0 Å². The van der Waals surface area contributed by atoms with Crippen molar-refractivity contribution in [1.29, 1.82) is 0 Å². The van der Waals surface area contributed by atoms with Crippen molar-refractivity contribution >= 4 is 28.1 Å². The SMILES string of the molecule is Cc1ncc(CC(=O)N2CCCC2c2nc3ccccc3c(=O)n2CCO)s1. The van der Waals surface area contributed by atoms with E-state index < -0.39 is 0 Å². The van der Waals surface area contributed by atoms with E-state index in [0.717, 1.165) is 22.7 Å². The van der Waals surface area contributed by atoms with Crippen molar-refractivity contribution in [3.05, 3.63) is 56.5 Å². The van der Waals surface area contributed by atoms with Crippen molar-refractivity contribution < 1.29 is 9.90 Å². The van der Waals surface area contributed by atoms with Gasteiger partial charge in [0.05, 0.1) is 41.5 Å². The largest absolute Gasteiger partial charge is 0.395 e. The Hall–Kier alpha value is -2.58. The zero-order valence-electron chi connectivity index (χ0n) is 15.7. The molecule has 1 aliphatic rings. The summed E-state index contributed by atoms with van der Waals surface area (Å²) in [5.41, 5.74) is 0.445. The monoisotopic (exact) mass is 398 g/mol. The first kappa shape index (κ1) is 18.8. The molecule has 0 bridgehead atoms. The first-order chi connectivity index (χ1) is 13.6. The molecule has 3 heterocycles. The van der Waals surface area contributed by atoms with Gasteiger partial charge in [0, 0.05) is 17.6 Å². The van der Waals surface area contributed by atoms with Crippen LogP contribution in [0.1, 0.15) is 34.6 Å². The lowest BCUT2D eigenvalue weighted by molar-refractivity contribution is -0.131. The van der Waals surface area contributed by atoms with Gasteiger partial charge in [-0.25, -0.2) is 9.97 Å². The standard InChI is InChI=1S/C20H22N4O3S/c1-13-21-12-14(28-13)11-18(26)23-8-4-7-17(23)19-22-16-6-3-2-5-15(16)20(27)24(19)9-10-25/h2-3,5-6,12,17,25H,4,7-11H2,1H3. The molecule has 0 radical (unpaired) electrons. The third kappa shape index (κ3) is 3.45. The first-order valence-electron chi connectivity index (χ1n) is 9.39. The Labute approximate surface area is 166 Å². The lowest BCUT2D eigenvalue weighted by Crippen LogP contribution is -2.36. The predicted molar refractivity (Wildman–Crippen MR) is 107 cm³/mol. The van der Waals surface area contributed by atoms with Gasteiger partial charge in [-0.15, -0.1) is 11.3 Å². The van der Waals surface area contributed by atoms with E-state index in [-0.39, 0.29) is 30.7 Å². The molecule has 1 N–H and O–H groups in total. The number of carbonyl (C=O) groups is 1. The van der Waals surface area contributed by atoms with Crippen LogP contribution in [0.2, 0.25) is 0 Å². The summed E-state index contributed by atoms with van der Waals surface area (Å²) in [5, 5.41) is 10.9. The molecule has 3 aromatic rings. The van der Waals surface area contributed by atoms with Gasteiger partial charge in [-0.2, -0.15) is 0 Å². The predicted octanol–water partition coefficient (Wildman–Crippen LogP) is 2.06. The van der Waals surface area contributed by atoms with Crippen LogP contribution in [0.15, 0.2) is 35.3 Å². The number of para-hydroxylation sites is 1. The number of aliphatic hydroxyl groups is 1. The number of aromatic nitrogens is 3. The summed E-state index contributed by atoms with van der Waals surface area (Å²) in [6.45, 7) is 2.57. The third-order valence-corrected chi connectivity index (χ3v) is 5.99. The molecular weight excluding hydrogens is 376 g/mol. The highest BCUT2D eigenvalue weighted by atomic mass is 32.1. The molecule has 1 saturated heterocycles. The fourth-order valence-electron chi connectivity index (χ4n) is 3.83. The second kappa shape index (κ2) is 7.81. The number of thiazole rings is 1. The van der Waals surface area contributed by atoms with Crippen molar-refractivity contribution in [3.63, 3.8) is 0 Å². The number of likely N-dealkylation sites (tertiary alicyclic amines) is 1. The summed E-state index contributed by atoms with van der Waals surface area (Å²) < 4.78 is 1.52. The third-order valence-electron chi connectivity index (χ3n) is 5.08. The van der Waals surface area contributed by atoms with E-state index in [0.29, 0.717) is 29.7 Å². The Bertz CT molecular complexity index is 1070. The van der Waals surface area contributed by atoms with Gasteiger partial charge in [0.2, 0.25) is 5.91 Å². The van der Waals surface area contributed by atoms with E-state index in [9.17, 15) is 14.7 Å². The maximum Gasteiger partial charge on any atom is 0.261 e. The van der Waals surface area contributed by atoms with Gasteiger partial charge in [-0.1, -0.05) is 12.1 Å². The van der Waals surface area contributed by atoms with E-state index in [1.807, 2.05) is 24.0 Å². The Morgan fingerprint density at radius 1 is 1.36 bits per heavy atom. The van der Waals surface area contributed by atoms with Gasteiger partial charge in [0.1, 0.15) is 5.82 Å². The average molecular weight is 398 g/mol. The molecule has 2 aromatic heterocycles. The van der Waals surface area contributed by atoms with Gasteiger partial charge >= 0.3 is 0 Å². The Morgan fingerprint density at radius 2 is 2.18 bits per heavy atom. The topological polar surface area (TPSA) is 88.3 Å². The zero-order valence-corrected chi connectivity index (χ0v) is 16.5. The molecule has 1 amide bonds. The van der Waals surface area contributed by atoms with Gasteiger partial charge in [0.15, 0.2) is 0 Å². The number of hydrogen-bond acceptors (Lipinski definition) is 6. The highest BCUT2D eigenvalue weighted by molar-refractivity contribution is 7.11. The molecule has 0 saturated carbocycles. The molecule has 28 heavy (non-hydrogen) atoms. The summed E-state index contributed by atoms with van der Waals surface area (Å²) in [5.74, 6) is 0.577. The Kier molecular flexibility index (Phi) is 5.23. The van der Waals surface area contributed by atoms with Crippen LogP contribution in [0.4, 0.5) is 0 Å². The van der Waals surface area contributed by atoms with Gasteiger partial charge in [-0.05, 0) is 31.9 Å². The summed E-state index contributed by atoms with van der Waals surface area (Å²) in [4.78, 5) is 37.6. The van der Waals surface area contributed by atoms with Crippen LogP contribution < -0.4 is 5.56 Å². The molecule has 146 valence electrons. The molecule has 0 aliphatic carbocycles. The molecular formula is C20H22N4O3S. The van der Waals surface area contributed by atoms with Crippen LogP contribution in [0.25, 0.3) is 10.9 Å². The van der Waals surface area contributed by atoms with Crippen molar-refractivity contribution in [2.45, 2.75) is 38.8 Å². The van der Waals surface area contributed by atoms with Crippen LogP contribution in [0, 0.1) is 6.92 Å². The number of aryl methyl sites for hydroxylation is 1. The van der Waals surface area contributed by atoms with Crippen LogP contribution in [-0.4, -0.2) is 43.6 Å². The summed E-state index contributed by atoms with van der Waals surface area (Å²) in [6.07, 6.45) is 3.67. The quantitative estimate of drug-likeness (QED) is 0.711. The van der Waals surface area contributed by atoms with E-state index in [2.05, 4.69) is 4.98 Å². The molecule has 1 atom stereocenters. The Morgan fingerprint density at radius 3 is 2.93 bits per heavy atom. The van der Waals surface area contributed by atoms with Crippen molar-refractivity contribution in [3.8, 4) is 0 Å². The number of amides is 1. The first-order valence-corrected chi connectivity index (χ1v) is 10.2. The molecule has 4 rings (SSSR count). The van der Waals surface area contributed by atoms with Crippen LogP contribution in [0.3, 0.4) is 0 Å². The minimum atomic E-state index is -0.259. The van der Waals surface area contributed by atoms with Crippen LogP contribution in [-0.2, 0) is 17.8 Å². The van der Waals surface area contributed by atoms with E-state index in [1.165, 1.54) is 15.9 Å². The maximum absolute atomic E-state index is 13.0. The van der Waals surface area contributed by atoms with E-state index in [4.69, 9.17) is 4.98 Å². The number of fused-ring (bicyclic) bond motifs is 1. The molecule has 1 aromatic carbocycles. The molecule has 1 unspecified atom stereocenters. The lowest BCUT2D eigenvalue weighted by atomic mass is 10.1. The highest BCUT2D eigenvalue weighted by Crippen LogP contribution is 2.32. The van der Waals surface area contributed by atoms with Gasteiger partial charge < -0.3 is 10.0 Å². The number of nitrogens with zero attached hydrogens (tertiary/aromatic N) is 4. The van der Waals surface area contributed by atoms with Crippen molar-refractivity contribution in [1.82, 2.24) is 19.4 Å². The summed E-state index contributed by atoms with van der Waals surface area (Å²) in [6, 6.07) is 6.94. The number of carbonyl (C=O) groups excluding carboxylic acids is 1. The van der Waals surface area contributed by atoms with Gasteiger partial charge in [0.25, 0.3) is 5.56 Å². The highest BCUT2D eigenvalue weighted by Gasteiger charge is 2.33. The number of benzene rings is 1.